The highest BCUT2D eigenvalue weighted by molar-refractivity contribution is 7.98. The Bertz CT molecular complexity index is 335. The Morgan fingerprint density at radius 2 is 2.40 bits per heavy atom. The van der Waals surface area contributed by atoms with Gasteiger partial charge in [-0.3, -0.25) is 0 Å². The van der Waals surface area contributed by atoms with Crippen LogP contribution in [0.4, 0.5) is 4.79 Å². The molecule has 0 fully saturated rings. The number of hydrogen-bond acceptors (Lipinski definition) is 3. The van der Waals surface area contributed by atoms with Crippen LogP contribution in [0.15, 0.2) is 17.5 Å². The number of hydrogen-bond donors (Lipinski definition) is 3. The molecular formula is C8H13N5OS. The number of urea groups is 1. The summed E-state index contributed by atoms with van der Waals surface area (Å²) in [4.78, 5) is 20.7. The van der Waals surface area contributed by atoms with Crippen molar-refractivity contribution in [3.05, 3.63) is 18.2 Å². The minimum Gasteiger partial charge on any atom is -0.387 e. The Hall–Kier alpha value is -1.50. The molecule has 0 saturated heterocycles. The van der Waals surface area contributed by atoms with E-state index < -0.39 is 6.03 Å². The lowest BCUT2D eigenvalue weighted by molar-refractivity contribution is 0.256. The molecule has 0 aliphatic carbocycles. The van der Waals surface area contributed by atoms with Gasteiger partial charge in [0.2, 0.25) is 0 Å². The number of nitrogens with one attached hydrogen (secondary N) is 1. The van der Waals surface area contributed by atoms with E-state index >= 15 is 0 Å². The van der Waals surface area contributed by atoms with E-state index in [-0.39, 0.29) is 5.84 Å². The van der Waals surface area contributed by atoms with Gasteiger partial charge in [0.05, 0.1) is 6.33 Å². The Balaban J connectivity index is 2.14. The first-order valence-electron chi connectivity index (χ1n) is 4.36. The number of rotatable bonds is 5. The maximum Gasteiger partial charge on any atom is 0.339 e. The van der Waals surface area contributed by atoms with Crippen LogP contribution in [0.5, 0.6) is 0 Å². The highest BCUT2D eigenvalue weighted by Gasteiger charge is 1.98. The molecule has 0 atom stereocenters. The van der Waals surface area contributed by atoms with Gasteiger partial charge in [-0.05, 0) is 0 Å². The quantitative estimate of drug-likeness (QED) is 0.385. The number of primary amides is 1. The molecule has 1 aromatic heterocycles. The van der Waals surface area contributed by atoms with Gasteiger partial charge in [-0.15, -0.1) is 0 Å². The average Bonchev–Trinajstić information content (AvgIpc) is 2.63. The predicted molar refractivity (Wildman–Crippen MR) is 60.6 cm³/mol. The van der Waals surface area contributed by atoms with Crippen LogP contribution in [0.1, 0.15) is 12.1 Å². The number of aromatic nitrogens is 2. The van der Waals surface area contributed by atoms with Gasteiger partial charge in [0, 0.05) is 29.8 Å². The molecule has 0 bridgehead atoms. The molecule has 1 heterocycles. The van der Waals surface area contributed by atoms with Crippen LogP contribution in [0.25, 0.3) is 0 Å². The summed E-state index contributed by atoms with van der Waals surface area (Å²) in [5.41, 5.74) is 11.4. The molecule has 6 nitrogen and oxygen atoms in total. The van der Waals surface area contributed by atoms with Crippen molar-refractivity contribution in [1.29, 1.82) is 0 Å². The van der Waals surface area contributed by atoms with Crippen LogP contribution in [0, 0.1) is 0 Å². The second kappa shape index (κ2) is 6.07. The number of nitrogens with two attached hydrogens (primary N) is 2. The molecule has 0 saturated carbocycles. The topological polar surface area (TPSA) is 110 Å². The van der Waals surface area contributed by atoms with Gasteiger partial charge in [0.1, 0.15) is 5.84 Å². The monoisotopic (exact) mass is 227 g/mol. The number of imidazole rings is 1. The van der Waals surface area contributed by atoms with Crippen LogP contribution < -0.4 is 11.5 Å². The first kappa shape index (κ1) is 11.6. The molecule has 0 aliphatic rings. The van der Waals surface area contributed by atoms with Crippen molar-refractivity contribution >= 4 is 23.6 Å². The van der Waals surface area contributed by atoms with Crippen LogP contribution >= 0.6 is 11.8 Å². The smallest absolute Gasteiger partial charge is 0.339 e. The number of nitrogens with zero attached hydrogens (tertiary/aromatic N) is 2. The van der Waals surface area contributed by atoms with Gasteiger partial charge in [-0.25, -0.2) is 9.78 Å². The number of carbonyl (C=O) groups excluding carboxylic acids is 1. The molecule has 0 spiro atoms. The molecule has 5 N–H and O–H groups in total. The third-order valence-corrected chi connectivity index (χ3v) is 2.58. The molecule has 1 aromatic rings. The first-order valence-corrected chi connectivity index (χ1v) is 5.51. The number of amidine groups is 1. The Morgan fingerprint density at radius 1 is 1.60 bits per heavy atom. The van der Waals surface area contributed by atoms with Crippen molar-refractivity contribution in [1.82, 2.24) is 9.97 Å². The summed E-state index contributed by atoms with van der Waals surface area (Å²) in [5, 5.41) is 0. The molecule has 7 heteroatoms. The Labute approximate surface area is 91.5 Å². The van der Waals surface area contributed by atoms with Gasteiger partial charge in [0.15, 0.2) is 0 Å². The van der Waals surface area contributed by atoms with E-state index in [0.29, 0.717) is 6.42 Å². The molecule has 1 rings (SSSR count). The van der Waals surface area contributed by atoms with Crippen LogP contribution in [-0.2, 0) is 5.75 Å². The summed E-state index contributed by atoms with van der Waals surface area (Å²) in [5.74, 6) is 1.91. The minimum absolute atomic E-state index is 0.277. The van der Waals surface area contributed by atoms with Crippen LogP contribution in [0.2, 0.25) is 0 Å². The molecular weight excluding hydrogens is 214 g/mol. The van der Waals surface area contributed by atoms with Crippen molar-refractivity contribution in [3.8, 4) is 0 Å². The Kier molecular flexibility index (Phi) is 4.69. The normalized spacial score (nSPS) is 11.6. The molecule has 82 valence electrons. The van der Waals surface area contributed by atoms with Gasteiger partial charge in [-0.1, -0.05) is 0 Å². The van der Waals surface area contributed by atoms with Crippen LogP contribution in [0.3, 0.4) is 0 Å². The number of thioether (sulfide) groups is 1. The average molecular weight is 227 g/mol. The molecule has 0 unspecified atom stereocenters. The minimum atomic E-state index is -0.744. The molecule has 0 aliphatic heterocycles. The number of H-pyrrole nitrogens is 1. The molecule has 0 radical (unpaired) electrons. The van der Waals surface area contributed by atoms with Crippen molar-refractivity contribution in [2.24, 2.45) is 16.5 Å². The predicted octanol–water partition coefficient (Wildman–Crippen LogP) is 0.469. The Morgan fingerprint density at radius 3 is 3.00 bits per heavy atom. The van der Waals surface area contributed by atoms with E-state index in [4.69, 9.17) is 11.5 Å². The summed E-state index contributed by atoms with van der Waals surface area (Å²) in [6.07, 6.45) is 3.97. The SMILES string of the molecule is NC(=O)/N=C(\N)CCSCc1cnc[nH]1. The second-order valence-electron chi connectivity index (χ2n) is 2.82. The summed E-state index contributed by atoms with van der Waals surface area (Å²) < 4.78 is 0. The first-order chi connectivity index (χ1) is 7.18. The maximum atomic E-state index is 10.4. The van der Waals surface area contributed by atoms with Gasteiger partial charge in [0.25, 0.3) is 0 Å². The maximum absolute atomic E-state index is 10.4. The summed E-state index contributed by atoms with van der Waals surface area (Å²) >= 11 is 1.68. The third-order valence-electron chi connectivity index (χ3n) is 1.57. The molecule has 15 heavy (non-hydrogen) atoms. The fraction of sp³-hybridized carbons (Fsp3) is 0.375. The zero-order valence-electron chi connectivity index (χ0n) is 8.14. The van der Waals surface area contributed by atoms with E-state index in [1.807, 2.05) is 0 Å². The van der Waals surface area contributed by atoms with Crippen molar-refractivity contribution in [2.75, 3.05) is 5.75 Å². The highest BCUT2D eigenvalue weighted by Crippen LogP contribution is 2.09. The van der Waals surface area contributed by atoms with Crippen molar-refractivity contribution in [3.63, 3.8) is 0 Å². The lowest BCUT2D eigenvalue weighted by Gasteiger charge is -1.99. The van der Waals surface area contributed by atoms with Crippen molar-refractivity contribution in [2.45, 2.75) is 12.2 Å². The van der Waals surface area contributed by atoms with Gasteiger partial charge in [-0.2, -0.15) is 16.8 Å². The van der Waals surface area contributed by atoms with Gasteiger partial charge < -0.3 is 16.5 Å². The third kappa shape index (κ3) is 5.06. The fourth-order valence-corrected chi connectivity index (χ4v) is 1.80. The second-order valence-corrected chi connectivity index (χ2v) is 3.93. The molecule has 2 amide bonds. The summed E-state index contributed by atoms with van der Waals surface area (Å²) in [6.45, 7) is 0. The zero-order valence-corrected chi connectivity index (χ0v) is 8.96. The van der Waals surface area contributed by atoms with Gasteiger partial charge >= 0.3 is 6.03 Å². The fourth-order valence-electron chi connectivity index (χ4n) is 0.920. The van der Waals surface area contributed by atoms with E-state index in [9.17, 15) is 4.79 Å². The summed E-state index contributed by atoms with van der Waals surface area (Å²) in [6, 6.07) is -0.744. The largest absolute Gasteiger partial charge is 0.387 e. The van der Waals surface area contributed by atoms with Crippen LogP contribution in [-0.4, -0.2) is 27.6 Å². The molecule has 0 aromatic carbocycles. The number of amides is 2. The van der Waals surface area contributed by atoms with E-state index in [2.05, 4.69) is 15.0 Å². The zero-order chi connectivity index (χ0) is 11.1. The standard InChI is InChI=1S/C8H13N5OS/c9-7(13-8(10)14)1-2-15-4-6-3-11-5-12-6/h3,5H,1-2,4H2,(H,11,12)(H4,9,10,13,14). The van der Waals surface area contributed by atoms with E-state index in [0.717, 1.165) is 17.2 Å². The van der Waals surface area contributed by atoms with E-state index in [1.54, 1.807) is 24.3 Å². The number of aromatic amines is 1. The summed E-state index contributed by atoms with van der Waals surface area (Å²) in [7, 11) is 0. The number of aliphatic imine (C=N–C) groups is 1. The van der Waals surface area contributed by atoms with Crippen molar-refractivity contribution < 1.29 is 4.79 Å². The van der Waals surface area contributed by atoms with E-state index in [1.165, 1.54) is 0 Å². The number of carbonyl (C=O) groups is 1. The lowest BCUT2D eigenvalue weighted by Crippen LogP contribution is -2.17. The lowest BCUT2D eigenvalue weighted by atomic mass is 10.4. The highest BCUT2D eigenvalue weighted by atomic mass is 32.2.